The minimum atomic E-state index is -0.483. The van der Waals surface area contributed by atoms with Gasteiger partial charge in [-0.05, 0) is 48.0 Å². The monoisotopic (exact) mass is 291 g/mol. The summed E-state index contributed by atoms with van der Waals surface area (Å²) in [6, 6.07) is 11.7. The molecule has 104 valence electrons. The highest BCUT2D eigenvalue weighted by Crippen LogP contribution is 2.23. The highest BCUT2D eigenvalue weighted by atomic mass is 35.5. The first-order valence-corrected chi connectivity index (χ1v) is 6.53. The first kappa shape index (κ1) is 14.7. The van der Waals surface area contributed by atoms with Crippen LogP contribution in [0.1, 0.15) is 11.1 Å². The van der Waals surface area contributed by atoms with Gasteiger partial charge in [-0.25, -0.2) is 4.39 Å². The normalized spacial score (nSPS) is 12.1. The zero-order chi connectivity index (χ0) is 14.8. The molecule has 2 rings (SSSR count). The van der Waals surface area contributed by atoms with Gasteiger partial charge in [-0.3, -0.25) is 0 Å². The summed E-state index contributed by atoms with van der Waals surface area (Å²) in [4.78, 5) is 0. The van der Waals surface area contributed by atoms with E-state index in [1.165, 1.54) is 6.07 Å². The molecular formula is C16H15ClFNO. The fourth-order valence-corrected chi connectivity index (χ4v) is 2.02. The van der Waals surface area contributed by atoms with E-state index in [0.29, 0.717) is 16.3 Å². The van der Waals surface area contributed by atoms with E-state index in [1.54, 1.807) is 50.5 Å². The minimum absolute atomic E-state index is 0.359. The van der Waals surface area contributed by atoms with E-state index >= 15 is 0 Å². The number of rotatable bonds is 3. The van der Waals surface area contributed by atoms with E-state index in [-0.39, 0.29) is 5.82 Å². The summed E-state index contributed by atoms with van der Waals surface area (Å²) >= 11 is 5.95. The van der Waals surface area contributed by atoms with Gasteiger partial charge in [0.25, 0.3) is 0 Å². The number of hydrogen-bond acceptors (Lipinski definition) is 1. The summed E-state index contributed by atoms with van der Waals surface area (Å²) in [6.07, 6.45) is 3.39. The Kier molecular flexibility index (Phi) is 4.23. The standard InChI is InChI=1S/C16H15ClFNO/c1-19(2,20)13-9-6-12(7-10-13)8-11-14-15(17)4-3-5-16(14)18/h3-11H,1-2H3/b11-8+. The molecule has 0 bridgehead atoms. The molecular weight excluding hydrogens is 277 g/mol. The number of hydrogen-bond donors (Lipinski definition) is 0. The van der Waals surface area contributed by atoms with Crippen LogP contribution in [0.25, 0.3) is 12.2 Å². The van der Waals surface area contributed by atoms with Crippen LogP contribution in [-0.4, -0.2) is 14.1 Å². The maximum atomic E-state index is 13.6. The summed E-state index contributed by atoms with van der Waals surface area (Å²) in [7, 11) is 3.12. The second kappa shape index (κ2) is 5.75. The van der Waals surface area contributed by atoms with Gasteiger partial charge in [-0.15, -0.1) is 0 Å². The van der Waals surface area contributed by atoms with Crippen molar-refractivity contribution in [2.75, 3.05) is 14.1 Å². The quantitative estimate of drug-likeness (QED) is 0.456. The molecule has 0 heterocycles. The summed E-state index contributed by atoms with van der Waals surface area (Å²) in [6.45, 7) is 0. The Hall–Kier alpha value is -1.68. The maximum absolute atomic E-state index is 13.6. The second-order valence-corrected chi connectivity index (χ2v) is 5.32. The zero-order valence-corrected chi connectivity index (χ0v) is 12.1. The Bertz CT molecular complexity index is 610. The number of halogens is 2. The zero-order valence-electron chi connectivity index (χ0n) is 11.3. The predicted octanol–water partition coefficient (Wildman–Crippen LogP) is 4.71. The third kappa shape index (κ3) is 3.45. The van der Waals surface area contributed by atoms with Crippen LogP contribution in [0.15, 0.2) is 42.5 Å². The van der Waals surface area contributed by atoms with Gasteiger partial charge < -0.3 is 9.85 Å². The van der Waals surface area contributed by atoms with Crippen LogP contribution < -0.4 is 4.65 Å². The highest BCUT2D eigenvalue weighted by molar-refractivity contribution is 6.32. The molecule has 2 aromatic rings. The largest absolute Gasteiger partial charge is 0.628 e. The minimum Gasteiger partial charge on any atom is -0.628 e. The fraction of sp³-hybridized carbons (Fsp3) is 0.125. The molecule has 0 aromatic heterocycles. The molecule has 0 N–H and O–H groups in total. The molecule has 2 nitrogen and oxygen atoms in total. The van der Waals surface area contributed by atoms with Crippen LogP contribution in [0.3, 0.4) is 0 Å². The van der Waals surface area contributed by atoms with Crippen LogP contribution in [0.4, 0.5) is 10.1 Å². The molecule has 0 saturated carbocycles. The van der Waals surface area contributed by atoms with Crippen molar-refractivity contribution in [1.29, 1.82) is 0 Å². The van der Waals surface area contributed by atoms with Crippen molar-refractivity contribution >= 4 is 29.4 Å². The SMILES string of the molecule is C[N+](C)([O-])c1ccc(/C=C/c2c(F)cccc2Cl)cc1. The Morgan fingerprint density at radius 1 is 1.05 bits per heavy atom. The van der Waals surface area contributed by atoms with Crippen molar-refractivity contribution in [3.05, 3.63) is 69.6 Å². The maximum Gasteiger partial charge on any atom is 0.132 e. The Morgan fingerprint density at radius 3 is 2.25 bits per heavy atom. The van der Waals surface area contributed by atoms with Gasteiger partial charge in [0.1, 0.15) is 11.5 Å². The van der Waals surface area contributed by atoms with Gasteiger partial charge in [0.2, 0.25) is 0 Å². The van der Waals surface area contributed by atoms with Crippen molar-refractivity contribution in [3.63, 3.8) is 0 Å². The summed E-state index contributed by atoms with van der Waals surface area (Å²) < 4.78 is 13.1. The fourth-order valence-electron chi connectivity index (χ4n) is 1.79. The van der Waals surface area contributed by atoms with Crippen molar-refractivity contribution in [2.24, 2.45) is 0 Å². The van der Waals surface area contributed by atoms with Crippen molar-refractivity contribution < 1.29 is 4.39 Å². The van der Waals surface area contributed by atoms with Gasteiger partial charge >= 0.3 is 0 Å². The van der Waals surface area contributed by atoms with Gasteiger partial charge in [0.15, 0.2) is 0 Å². The first-order valence-electron chi connectivity index (χ1n) is 6.15. The van der Waals surface area contributed by atoms with E-state index in [9.17, 15) is 9.60 Å². The summed E-state index contributed by atoms with van der Waals surface area (Å²) in [5.74, 6) is -0.359. The highest BCUT2D eigenvalue weighted by Gasteiger charge is 2.06. The Balaban J connectivity index is 2.24. The van der Waals surface area contributed by atoms with Gasteiger partial charge in [0, 0.05) is 5.56 Å². The smallest absolute Gasteiger partial charge is 0.132 e. The molecule has 0 aliphatic carbocycles. The number of hydroxylamine groups is 2. The van der Waals surface area contributed by atoms with Gasteiger partial charge in [0.05, 0.1) is 19.1 Å². The third-order valence-corrected chi connectivity index (χ3v) is 3.29. The van der Waals surface area contributed by atoms with Crippen LogP contribution in [0.5, 0.6) is 0 Å². The molecule has 0 atom stereocenters. The average Bonchev–Trinajstić information content (AvgIpc) is 2.37. The Morgan fingerprint density at radius 2 is 1.70 bits per heavy atom. The molecule has 0 amide bonds. The van der Waals surface area contributed by atoms with Gasteiger partial charge in [-0.2, -0.15) is 0 Å². The van der Waals surface area contributed by atoms with E-state index in [1.807, 2.05) is 12.1 Å². The van der Waals surface area contributed by atoms with E-state index in [4.69, 9.17) is 11.6 Å². The molecule has 2 aromatic carbocycles. The topological polar surface area (TPSA) is 23.1 Å². The molecule has 0 fully saturated rings. The van der Waals surface area contributed by atoms with Crippen LogP contribution in [0.2, 0.25) is 5.02 Å². The number of benzene rings is 2. The van der Waals surface area contributed by atoms with E-state index < -0.39 is 4.65 Å². The van der Waals surface area contributed by atoms with Crippen LogP contribution >= 0.6 is 11.6 Å². The molecule has 20 heavy (non-hydrogen) atoms. The molecule has 0 aliphatic heterocycles. The molecule has 0 radical (unpaired) electrons. The molecule has 0 unspecified atom stereocenters. The number of quaternary nitrogens is 1. The van der Waals surface area contributed by atoms with Crippen molar-refractivity contribution in [3.8, 4) is 0 Å². The van der Waals surface area contributed by atoms with Crippen LogP contribution in [-0.2, 0) is 0 Å². The number of nitrogens with zero attached hydrogens (tertiary/aromatic N) is 1. The molecule has 0 aliphatic rings. The second-order valence-electron chi connectivity index (χ2n) is 4.91. The van der Waals surface area contributed by atoms with Crippen molar-refractivity contribution in [2.45, 2.75) is 0 Å². The van der Waals surface area contributed by atoms with Gasteiger partial charge in [-0.1, -0.05) is 23.7 Å². The van der Waals surface area contributed by atoms with Crippen molar-refractivity contribution in [1.82, 2.24) is 4.65 Å². The Labute approximate surface area is 122 Å². The summed E-state index contributed by atoms with van der Waals surface area (Å²) in [5.41, 5.74) is 1.89. The average molecular weight is 292 g/mol. The first-order chi connectivity index (χ1) is 9.38. The summed E-state index contributed by atoms with van der Waals surface area (Å²) in [5, 5.41) is 12.1. The lowest BCUT2D eigenvalue weighted by atomic mass is 10.1. The third-order valence-electron chi connectivity index (χ3n) is 2.96. The van der Waals surface area contributed by atoms with E-state index in [2.05, 4.69) is 0 Å². The lowest BCUT2D eigenvalue weighted by molar-refractivity contribution is 0.543. The van der Waals surface area contributed by atoms with E-state index in [0.717, 1.165) is 5.56 Å². The van der Waals surface area contributed by atoms with Crippen LogP contribution in [0, 0.1) is 11.0 Å². The molecule has 0 saturated heterocycles. The lowest BCUT2D eigenvalue weighted by Crippen LogP contribution is -2.32. The lowest BCUT2D eigenvalue weighted by Gasteiger charge is -2.33. The predicted molar refractivity (Wildman–Crippen MR) is 83.8 cm³/mol. The molecule has 0 spiro atoms. The molecule has 4 heteroatoms.